The van der Waals surface area contributed by atoms with Gasteiger partial charge in [0.25, 0.3) is 5.91 Å². The Morgan fingerprint density at radius 2 is 1.93 bits per heavy atom. The Labute approximate surface area is 157 Å². The van der Waals surface area contributed by atoms with Crippen molar-refractivity contribution in [1.82, 2.24) is 20.6 Å². The molecular weight excluding hydrogens is 342 g/mol. The number of amides is 1. The average Bonchev–Trinajstić information content (AvgIpc) is 3.21. The lowest BCUT2D eigenvalue weighted by atomic mass is 10.1. The van der Waals surface area contributed by atoms with Crippen molar-refractivity contribution in [2.75, 3.05) is 6.61 Å². The molecular formula is C20H21N5O2. The highest BCUT2D eigenvalue weighted by atomic mass is 16.5. The van der Waals surface area contributed by atoms with Gasteiger partial charge < -0.3 is 4.74 Å². The molecule has 1 amide bonds. The Hall–Kier alpha value is -3.48. The number of rotatable bonds is 7. The van der Waals surface area contributed by atoms with Gasteiger partial charge in [0.1, 0.15) is 11.4 Å². The largest absolute Gasteiger partial charge is 0.494 e. The monoisotopic (exact) mass is 363 g/mol. The maximum absolute atomic E-state index is 12.3. The van der Waals surface area contributed by atoms with E-state index in [2.05, 4.69) is 32.6 Å². The summed E-state index contributed by atoms with van der Waals surface area (Å²) >= 11 is 0. The fourth-order valence-electron chi connectivity index (χ4n) is 2.38. The van der Waals surface area contributed by atoms with Crippen LogP contribution in [-0.2, 0) is 0 Å². The smallest absolute Gasteiger partial charge is 0.289 e. The van der Waals surface area contributed by atoms with Crippen LogP contribution >= 0.6 is 0 Å². The fraction of sp³-hybridized carbons (Fsp3) is 0.200. The second-order valence-corrected chi connectivity index (χ2v) is 5.91. The number of hydrogen-bond donors (Lipinski definition) is 2. The molecule has 0 aliphatic heterocycles. The number of carbonyl (C=O) groups is 1. The van der Waals surface area contributed by atoms with Gasteiger partial charge in [-0.15, -0.1) is 0 Å². The number of nitrogens with zero attached hydrogens (tertiary/aromatic N) is 3. The number of carbonyl (C=O) groups excluding carboxylic acids is 1. The second-order valence-electron chi connectivity index (χ2n) is 5.91. The summed E-state index contributed by atoms with van der Waals surface area (Å²) in [5.41, 5.74) is 6.02. The van der Waals surface area contributed by atoms with Crippen molar-refractivity contribution in [2.24, 2.45) is 5.10 Å². The molecule has 0 radical (unpaired) electrons. The van der Waals surface area contributed by atoms with Gasteiger partial charge in [0.2, 0.25) is 0 Å². The van der Waals surface area contributed by atoms with Crippen molar-refractivity contribution >= 4 is 11.6 Å². The van der Waals surface area contributed by atoms with Crippen LogP contribution in [0.3, 0.4) is 0 Å². The van der Waals surface area contributed by atoms with Gasteiger partial charge in [0.15, 0.2) is 0 Å². The van der Waals surface area contributed by atoms with Crippen LogP contribution in [-0.4, -0.2) is 33.4 Å². The standard InChI is InChI=1S/C20H21N5O2/c1-3-12-27-17-6-4-16(5-7-17)18-13-19(24-23-18)20(26)25-22-14(2)15-8-10-21-11-9-15/h4-11,13H,3,12H2,1-2H3,(H,23,24)(H,25,26)/b22-14-. The van der Waals surface area contributed by atoms with Crippen LogP contribution in [0, 0.1) is 0 Å². The van der Waals surface area contributed by atoms with Crippen LogP contribution in [0.5, 0.6) is 5.75 Å². The molecule has 0 saturated carbocycles. The van der Waals surface area contributed by atoms with Gasteiger partial charge in [0, 0.05) is 23.5 Å². The molecule has 2 heterocycles. The maximum atomic E-state index is 12.3. The van der Waals surface area contributed by atoms with Crippen molar-refractivity contribution in [3.8, 4) is 17.0 Å². The number of hydrazone groups is 1. The van der Waals surface area contributed by atoms with Crippen LogP contribution < -0.4 is 10.2 Å². The number of H-pyrrole nitrogens is 1. The molecule has 2 N–H and O–H groups in total. The molecule has 0 spiro atoms. The zero-order valence-electron chi connectivity index (χ0n) is 15.3. The van der Waals surface area contributed by atoms with Gasteiger partial charge in [-0.25, -0.2) is 5.43 Å². The molecule has 3 rings (SSSR count). The van der Waals surface area contributed by atoms with Crippen LogP contribution in [0.2, 0.25) is 0 Å². The van der Waals surface area contributed by atoms with Gasteiger partial charge in [-0.1, -0.05) is 6.92 Å². The summed E-state index contributed by atoms with van der Waals surface area (Å²) in [4.78, 5) is 16.2. The highest BCUT2D eigenvalue weighted by molar-refractivity contribution is 6.00. The van der Waals surface area contributed by atoms with Crippen molar-refractivity contribution in [3.05, 3.63) is 66.1 Å². The summed E-state index contributed by atoms with van der Waals surface area (Å²) < 4.78 is 5.57. The molecule has 0 unspecified atom stereocenters. The number of aromatic nitrogens is 3. The van der Waals surface area contributed by atoms with E-state index in [4.69, 9.17) is 4.74 Å². The molecule has 1 aromatic carbocycles. The molecule has 0 atom stereocenters. The molecule has 0 fully saturated rings. The van der Waals surface area contributed by atoms with E-state index in [-0.39, 0.29) is 5.91 Å². The summed E-state index contributed by atoms with van der Waals surface area (Å²) in [5, 5.41) is 11.1. The summed E-state index contributed by atoms with van der Waals surface area (Å²) in [6.45, 7) is 4.56. The predicted octanol–water partition coefficient (Wildman–Crippen LogP) is 3.41. The first-order valence-corrected chi connectivity index (χ1v) is 8.71. The molecule has 7 nitrogen and oxygen atoms in total. The van der Waals surface area contributed by atoms with Gasteiger partial charge >= 0.3 is 0 Å². The first-order chi connectivity index (χ1) is 13.2. The van der Waals surface area contributed by atoms with Crippen LogP contribution in [0.4, 0.5) is 0 Å². The minimum absolute atomic E-state index is 0.336. The van der Waals surface area contributed by atoms with E-state index in [1.165, 1.54) is 0 Å². The molecule has 27 heavy (non-hydrogen) atoms. The van der Waals surface area contributed by atoms with Crippen molar-refractivity contribution in [1.29, 1.82) is 0 Å². The average molecular weight is 363 g/mol. The van der Waals surface area contributed by atoms with Gasteiger partial charge in [-0.05, 0) is 55.8 Å². The quantitative estimate of drug-likeness (QED) is 0.497. The Morgan fingerprint density at radius 3 is 2.63 bits per heavy atom. The Balaban J connectivity index is 1.65. The predicted molar refractivity (Wildman–Crippen MR) is 104 cm³/mol. The lowest BCUT2D eigenvalue weighted by Crippen LogP contribution is -2.19. The number of benzene rings is 1. The zero-order chi connectivity index (χ0) is 19.1. The van der Waals surface area contributed by atoms with E-state index in [1.54, 1.807) is 18.5 Å². The summed E-state index contributed by atoms with van der Waals surface area (Å²) in [6, 6.07) is 12.9. The Bertz CT molecular complexity index is 917. The highest BCUT2D eigenvalue weighted by Crippen LogP contribution is 2.21. The van der Waals surface area contributed by atoms with Crippen LogP contribution in [0.25, 0.3) is 11.3 Å². The first kappa shape index (κ1) is 18.3. The molecule has 2 aromatic heterocycles. The van der Waals surface area contributed by atoms with Crippen molar-refractivity contribution in [3.63, 3.8) is 0 Å². The van der Waals surface area contributed by atoms with Crippen LogP contribution in [0.15, 0.2) is 60.0 Å². The molecule has 7 heteroatoms. The lowest BCUT2D eigenvalue weighted by Gasteiger charge is -2.04. The van der Waals surface area contributed by atoms with E-state index in [0.29, 0.717) is 23.7 Å². The van der Waals surface area contributed by atoms with E-state index in [1.807, 2.05) is 43.3 Å². The van der Waals surface area contributed by atoms with Crippen molar-refractivity contribution in [2.45, 2.75) is 20.3 Å². The van der Waals surface area contributed by atoms with E-state index in [9.17, 15) is 4.79 Å². The molecule has 0 aliphatic carbocycles. The number of ether oxygens (including phenoxy) is 1. The molecule has 0 aliphatic rings. The summed E-state index contributed by atoms with van der Waals surface area (Å²) in [5.74, 6) is 0.458. The molecule has 0 bridgehead atoms. The molecule has 138 valence electrons. The van der Waals surface area contributed by atoms with Crippen molar-refractivity contribution < 1.29 is 9.53 Å². The lowest BCUT2D eigenvalue weighted by molar-refractivity contribution is 0.0950. The molecule has 3 aromatic rings. The third-order valence-electron chi connectivity index (χ3n) is 3.87. The Kier molecular flexibility index (Phi) is 5.94. The van der Waals surface area contributed by atoms with E-state index < -0.39 is 0 Å². The third-order valence-corrected chi connectivity index (χ3v) is 3.87. The molecule has 0 saturated heterocycles. The Morgan fingerprint density at radius 1 is 1.19 bits per heavy atom. The minimum Gasteiger partial charge on any atom is -0.494 e. The summed E-state index contributed by atoms with van der Waals surface area (Å²) in [6.07, 6.45) is 4.31. The summed E-state index contributed by atoms with van der Waals surface area (Å²) in [7, 11) is 0. The second kappa shape index (κ2) is 8.75. The van der Waals surface area contributed by atoms with E-state index in [0.717, 1.165) is 23.3 Å². The number of aromatic amines is 1. The highest BCUT2D eigenvalue weighted by Gasteiger charge is 2.11. The normalized spacial score (nSPS) is 11.3. The van der Waals surface area contributed by atoms with Gasteiger partial charge in [-0.2, -0.15) is 10.2 Å². The van der Waals surface area contributed by atoms with Gasteiger partial charge in [-0.3, -0.25) is 14.9 Å². The fourth-order valence-corrected chi connectivity index (χ4v) is 2.38. The number of hydrogen-bond acceptors (Lipinski definition) is 5. The first-order valence-electron chi connectivity index (χ1n) is 8.71. The zero-order valence-corrected chi connectivity index (χ0v) is 15.3. The van der Waals surface area contributed by atoms with Crippen LogP contribution in [0.1, 0.15) is 36.3 Å². The maximum Gasteiger partial charge on any atom is 0.289 e. The third kappa shape index (κ3) is 4.78. The number of nitrogens with one attached hydrogen (secondary N) is 2. The topological polar surface area (TPSA) is 92.3 Å². The SMILES string of the molecule is CCCOc1ccc(-c2cc(C(=O)N/N=C(/C)c3ccncc3)[nH]n2)cc1. The number of pyridine rings is 1. The van der Waals surface area contributed by atoms with E-state index >= 15 is 0 Å². The minimum atomic E-state index is -0.356. The van der Waals surface area contributed by atoms with Gasteiger partial charge in [0.05, 0.1) is 18.0 Å².